The number of aromatic hydroxyl groups is 1. The molecule has 6 heteroatoms. The van der Waals surface area contributed by atoms with E-state index in [0.29, 0.717) is 33.3 Å². The molecule has 4 nitrogen and oxygen atoms in total. The third-order valence-electron chi connectivity index (χ3n) is 3.68. The number of aromatic nitrogens is 1. The van der Waals surface area contributed by atoms with Gasteiger partial charge < -0.3 is 10.1 Å². The number of aromatic amines is 1. The Morgan fingerprint density at radius 1 is 1.17 bits per heavy atom. The molecule has 0 amide bonds. The smallest absolute Gasteiger partial charge is 0.215 e. The van der Waals surface area contributed by atoms with Gasteiger partial charge in [0.2, 0.25) is 5.78 Å². The number of carbonyl (C=O) groups is 1. The van der Waals surface area contributed by atoms with Gasteiger partial charge in [-0.2, -0.15) is 0 Å². The van der Waals surface area contributed by atoms with Crippen LogP contribution in [0.2, 0.25) is 0 Å². The molecule has 0 unspecified atom stereocenters. The lowest BCUT2D eigenvalue weighted by atomic mass is 9.95. The number of aliphatic imine (C=N–C) groups is 1. The number of nitrogens with one attached hydrogen (secondary N) is 1. The van der Waals surface area contributed by atoms with Crippen molar-refractivity contribution in [1.82, 2.24) is 4.98 Å². The highest BCUT2D eigenvalue weighted by atomic mass is 79.9. The zero-order valence-electron chi connectivity index (χ0n) is 13.2. The van der Waals surface area contributed by atoms with E-state index in [9.17, 15) is 9.90 Å². The fourth-order valence-corrected chi connectivity index (χ4v) is 2.98. The monoisotopic (exact) mass is 380 g/mol. The summed E-state index contributed by atoms with van der Waals surface area (Å²) in [6.45, 7) is 4.00. The molecule has 0 aliphatic carbocycles. The van der Waals surface area contributed by atoms with Crippen molar-refractivity contribution < 1.29 is 9.90 Å². The Balaban J connectivity index is 0.000000815. The topological polar surface area (TPSA) is 65.5 Å². The van der Waals surface area contributed by atoms with Gasteiger partial charge in [0, 0.05) is 15.4 Å². The van der Waals surface area contributed by atoms with Gasteiger partial charge in [0.05, 0.1) is 11.3 Å². The summed E-state index contributed by atoms with van der Waals surface area (Å²) in [4.78, 5) is 19.9. The quantitative estimate of drug-likeness (QED) is 0.631. The Hall–Kier alpha value is -2.34. The van der Waals surface area contributed by atoms with Gasteiger partial charge in [-0.05, 0) is 24.3 Å². The van der Waals surface area contributed by atoms with E-state index in [0.717, 1.165) is 4.47 Å². The van der Waals surface area contributed by atoms with E-state index in [1.807, 2.05) is 19.9 Å². The van der Waals surface area contributed by atoms with Crippen molar-refractivity contribution in [3.05, 3.63) is 52.1 Å². The fourth-order valence-electron chi connectivity index (χ4n) is 2.62. The van der Waals surface area contributed by atoms with E-state index in [1.54, 1.807) is 30.3 Å². The molecule has 1 aliphatic rings. The Kier molecular flexibility index (Phi) is 4.32. The molecule has 2 aromatic carbocycles. The molecule has 0 atom stereocenters. The van der Waals surface area contributed by atoms with Crippen molar-refractivity contribution in [2.75, 3.05) is 0 Å². The molecule has 4 rings (SSSR count). The Morgan fingerprint density at radius 3 is 2.67 bits per heavy atom. The summed E-state index contributed by atoms with van der Waals surface area (Å²) in [6, 6.07) is 10.5. The van der Waals surface area contributed by atoms with Crippen LogP contribution in [0.5, 0.6) is 5.75 Å². The first-order valence-electron chi connectivity index (χ1n) is 7.58. The van der Waals surface area contributed by atoms with Gasteiger partial charge in [-0.1, -0.05) is 47.4 Å². The summed E-state index contributed by atoms with van der Waals surface area (Å²) in [5, 5.41) is 11.0. The number of halogens is 1. The number of H-pyrrole nitrogens is 1. The van der Waals surface area contributed by atoms with Crippen molar-refractivity contribution in [1.29, 1.82) is 0 Å². The zero-order chi connectivity index (χ0) is 17.4. The second kappa shape index (κ2) is 6.28. The first-order chi connectivity index (χ1) is 11.5. The molecule has 118 valence electrons. The van der Waals surface area contributed by atoms with Gasteiger partial charge in [-0.3, -0.25) is 4.79 Å². The lowest BCUT2D eigenvalue weighted by Gasteiger charge is -1.97. The summed E-state index contributed by atoms with van der Waals surface area (Å²) >= 11 is 3.34. The summed E-state index contributed by atoms with van der Waals surface area (Å²) in [6.07, 6.45) is 0. The number of nitrogens with zero attached hydrogens (tertiary/aromatic N) is 1. The summed E-state index contributed by atoms with van der Waals surface area (Å²) < 4.78 is 0.810. The molecule has 2 heterocycles. The van der Waals surface area contributed by atoms with Crippen LogP contribution < -0.4 is 5.46 Å². The standard InChI is InChI=1S/C16H8BBrN2O2.C2H6/c17-7-1-3-11-9(5-7)15(21)13(19-11)14-16(22)10-6-8(18)2-4-12(10)20-14;1-2/h1-6,19,21H;1-2H3. The summed E-state index contributed by atoms with van der Waals surface area (Å²) in [5.41, 5.74) is 2.88. The highest BCUT2D eigenvalue weighted by molar-refractivity contribution is 9.10. The lowest BCUT2D eigenvalue weighted by Crippen LogP contribution is -2.11. The van der Waals surface area contributed by atoms with Crippen LogP contribution in [-0.4, -0.2) is 29.4 Å². The first-order valence-corrected chi connectivity index (χ1v) is 8.37. The van der Waals surface area contributed by atoms with Crippen LogP contribution in [0.25, 0.3) is 10.9 Å². The number of fused-ring (bicyclic) bond motifs is 2. The van der Waals surface area contributed by atoms with Crippen LogP contribution in [-0.2, 0) is 0 Å². The van der Waals surface area contributed by atoms with Crippen molar-refractivity contribution in [2.45, 2.75) is 13.8 Å². The van der Waals surface area contributed by atoms with Crippen molar-refractivity contribution >= 4 is 57.3 Å². The lowest BCUT2D eigenvalue weighted by molar-refractivity contribution is 0.106. The van der Waals surface area contributed by atoms with Crippen molar-refractivity contribution in [2.24, 2.45) is 4.99 Å². The van der Waals surface area contributed by atoms with Gasteiger partial charge in [-0.15, -0.1) is 0 Å². The summed E-state index contributed by atoms with van der Waals surface area (Å²) in [7, 11) is 5.74. The van der Waals surface area contributed by atoms with E-state index < -0.39 is 0 Å². The minimum atomic E-state index is -0.217. The third-order valence-corrected chi connectivity index (χ3v) is 4.18. The van der Waals surface area contributed by atoms with E-state index in [-0.39, 0.29) is 17.2 Å². The van der Waals surface area contributed by atoms with Crippen LogP contribution in [0, 0.1) is 0 Å². The zero-order valence-corrected chi connectivity index (χ0v) is 14.8. The average Bonchev–Trinajstić information content (AvgIpc) is 3.08. The molecule has 2 N–H and O–H groups in total. The van der Waals surface area contributed by atoms with Gasteiger partial charge in [-0.25, -0.2) is 4.99 Å². The average molecular weight is 381 g/mol. The number of hydrogen-bond acceptors (Lipinski definition) is 3. The van der Waals surface area contributed by atoms with Gasteiger partial charge in [0.25, 0.3) is 0 Å². The maximum Gasteiger partial charge on any atom is 0.215 e. The van der Waals surface area contributed by atoms with Crippen molar-refractivity contribution in [3.63, 3.8) is 0 Å². The number of Topliss-reactive ketones (excluding diaryl/α,β-unsaturated/α-hetero) is 1. The Morgan fingerprint density at radius 2 is 1.92 bits per heavy atom. The maximum absolute atomic E-state index is 12.5. The molecule has 0 spiro atoms. The fraction of sp³-hybridized carbons (Fsp3) is 0.111. The van der Waals surface area contributed by atoms with E-state index >= 15 is 0 Å². The second-order valence-corrected chi connectivity index (χ2v) is 6.02. The number of ketones is 1. The SMILES string of the molecule is CC.[B]c1ccc2[nH]c(C3=Nc4ccc(Br)cc4C3=O)c(O)c2c1. The minimum absolute atomic E-state index is 0.0127. The van der Waals surface area contributed by atoms with Gasteiger partial charge in [0.15, 0.2) is 5.75 Å². The van der Waals surface area contributed by atoms with E-state index in [4.69, 9.17) is 7.85 Å². The highest BCUT2D eigenvalue weighted by Crippen LogP contribution is 2.35. The molecule has 1 aromatic heterocycles. The Labute approximate surface area is 149 Å². The van der Waals surface area contributed by atoms with Crippen LogP contribution in [0.1, 0.15) is 29.9 Å². The Bertz CT molecular complexity index is 992. The summed E-state index contributed by atoms with van der Waals surface area (Å²) in [5.74, 6) is -0.229. The molecular weight excluding hydrogens is 367 g/mol. The van der Waals surface area contributed by atoms with Crippen molar-refractivity contribution in [3.8, 4) is 5.75 Å². The molecule has 3 aromatic rings. The van der Waals surface area contributed by atoms with Crippen LogP contribution in [0.4, 0.5) is 5.69 Å². The highest BCUT2D eigenvalue weighted by Gasteiger charge is 2.29. The van der Waals surface area contributed by atoms with Crippen LogP contribution in [0.3, 0.4) is 0 Å². The molecule has 0 bridgehead atoms. The van der Waals surface area contributed by atoms with E-state index in [1.165, 1.54) is 0 Å². The molecular formula is C18H14BBrN2O2. The number of benzene rings is 2. The number of carbonyl (C=O) groups excluding carboxylic acids is 1. The minimum Gasteiger partial charge on any atom is -0.505 e. The largest absolute Gasteiger partial charge is 0.505 e. The third kappa shape index (κ3) is 2.57. The second-order valence-electron chi connectivity index (χ2n) is 5.10. The normalized spacial score (nSPS) is 12.6. The van der Waals surface area contributed by atoms with Gasteiger partial charge >= 0.3 is 0 Å². The number of rotatable bonds is 1. The first kappa shape index (κ1) is 16.5. The predicted octanol–water partition coefficient (Wildman–Crippen LogP) is 3.77. The predicted molar refractivity (Wildman–Crippen MR) is 101 cm³/mol. The molecule has 1 aliphatic heterocycles. The maximum atomic E-state index is 12.5. The molecule has 0 saturated carbocycles. The van der Waals surface area contributed by atoms with Gasteiger partial charge in [0.1, 0.15) is 19.3 Å². The van der Waals surface area contributed by atoms with Crippen LogP contribution in [0.15, 0.2) is 45.9 Å². The number of hydrogen-bond donors (Lipinski definition) is 2. The molecule has 24 heavy (non-hydrogen) atoms. The molecule has 2 radical (unpaired) electrons. The molecule has 0 saturated heterocycles. The van der Waals surface area contributed by atoms with E-state index in [2.05, 4.69) is 25.9 Å². The van der Waals surface area contributed by atoms with Crippen LogP contribution >= 0.6 is 15.9 Å². The molecule has 0 fully saturated rings.